The minimum atomic E-state index is 0.0149. The molecule has 0 aliphatic carbocycles. The largest absolute Gasteiger partial charge is 0.384 e. The fraction of sp³-hybridized carbons (Fsp3) is 0.333. The maximum atomic E-state index is 6.31. The number of hydrogen-bond acceptors (Lipinski definition) is 2. The zero-order valence-corrected chi connectivity index (χ0v) is 10.4. The van der Waals surface area contributed by atoms with E-state index in [0.717, 1.165) is 0 Å². The maximum Gasteiger partial charge on any atom is 0.0505 e. The average molecular weight is 229 g/mol. The summed E-state index contributed by atoms with van der Waals surface area (Å²) in [5, 5.41) is 2.48. The highest BCUT2D eigenvalue weighted by atomic mass is 16.5. The molecule has 0 radical (unpaired) electrons. The molecule has 2 heteroatoms. The Labute approximate surface area is 102 Å². The van der Waals surface area contributed by atoms with E-state index in [1.165, 1.54) is 16.3 Å². The maximum absolute atomic E-state index is 6.31. The Morgan fingerprint density at radius 3 is 2.59 bits per heavy atom. The fourth-order valence-corrected chi connectivity index (χ4v) is 2.21. The lowest BCUT2D eigenvalue weighted by Crippen LogP contribution is -2.22. The van der Waals surface area contributed by atoms with E-state index in [1.807, 2.05) is 0 Å². The van der Waals surface area contributed by atoms with Crippen LogP contribution in [0, 0.1) is 5.92 Å². The molecule has 0 bridgehead atoms. The minimum Gasteiger partial charge on any atom is -0.384 e. The van der Waals surface area contributed by atoms with Gasteiger partial charge in [-0.2, -0.15) is 0 Å². The van der Waals surface area contributed by atoms with Crippen molar-refractivity contribution in [2.75, 3.05) is 13.7 Å². The lowest BCUT2D eigenvalue weighted by Gasteiger charge is -2.21. The summed E-state index contributed by atoms with van der Waals surface area (Å²) in [6, 6.07) is 14.7. The number of fused-ring (bicyclic) bond motifs is 1. The molecule has 2 N–H and O–H groups in total. The van der Waals surface area contributed by atoms with Gasteiger partial charge < -0.3 is 10.5 Å². The zero-order valence-electron chi connectivity index (χ0n) is 10.4. The first kappa shape index (κ1) is 12.1. The van der Waals surface area contributed by atoms with E-state index < -0.39 is 0 Å². The molecular formula is C15H19NO. The third-order valence-corrected chi connectivity index (χ3v) is 3.23. The summed E-state index contributed by atoms with van der Waals surface area (Å²) in [7, 11) is 1.71. The first-order chi connectivity index (χ1) is 8.24. The summed E-state index contributed by atoms with van der Waals surface area (Å²) < 4.78 is 5.18. The van der Waals surface area contributed by atoms with Gasteiger partial charge in [-0.25, -0.2) is 0 Å². The van der Waals surface area contributed by atoms with Gasteiger partial charge in [0.1, 0.15) is 0 Å². The van der Waals surface area contributed by atoms with Crippen LogP contribution in [0.15, 0.2) is 42.5 Å². The van der Waals surface area contributed by atoms with Gasteiger partial charge in [0, 0.05) is 13.2 Å². The number of hydrogen-bond donors (Lipinski definition) is 1. The van der Waals surface area contributed by atoms with Gasteiger partial charge in [0.2, 0.25) is 0 Å². The molecule has 17 heavy (non-hydrogen) atoms. The van der Waals surface area contributed by atoms with E-state index in [1.54, 1.807) is 7.11 Å². The molecule has 0 heterocycles. The van der Waals surface area contributed by atoms with Gasteiger partial charge in [0.25, 0.3) is 0 Å². The van der Waals surface area contributed by atoms with Crippen molar-refractivity contribution in [2.24, 2.45) is 11.7 Å². The SMILES string of the molecule is COCC(C)C(N)c1cccc2ccccc12. The van der Waals surface area contributed by atoms with E-state index in [-0.39, 0.29) is 6.04 Å². The Bertz CT molecular complexity index is 490. The topological polar surface area (TPSA) is 35.2 Å². The Kier molecular flexibility index (Phi) is 3.77. The number of rotatable bonds is 4. The summed E-state index contributed by atoms with van der Waals surface area (Å²) in [5.74, 6) is 0.311. The van der Waals surface area contributed by atoms with Crippen molar-refractivity contribution in [3.63, 3.8) is 0 Å². The van der Waals surface area contributed by atoms with Crippen molar-refractivity contribution in [3.8, 4) is 0 Å². The fourth-order valence-electron chi connectivity index (χ4n) is 2.21. The van der Waals surface area contributed by atoms with Crippen LogP contribution in [-0.2, 0) is 4.74 Å². The van der Waals surface area contributed by atoms with Gasteiger partial charge in [0.15, 0.2) is 0 Å². The van der Waals surface area contributed by atoms with E-state index in [2.05, 4.69) is 49.4 Å². The highest BCUT2D eigenvalue weighted by Crippen LogP contribution is 2.27. The molecule has 0 saturated carbocycles. The molecule has 0 aromatic heterocycles. The Hall–Kier alpha value is -1.38. The predicted molar refractivity (Wildman–Crippen MR) is 71.9 cm³/mol. The van der Waals surface area contributed by atoms with Crippen molar-refractivity contribution in [1.82, 2.24) is 0 Å². The molecule has 0 amide bonds. The molecule has 0 saturated heterocycles. The molecule has 0 spiro atoms. The van der Waals surface area contributed by atoms with Crippen LogP contribution in [0.4, 0.5) is 0 Å². The molecule has 2 aromatic carbocycles. The Morgan fingerprint density at radius 2 is 1.82 bits per heavy atom. The van der Waals surface area contributed by atoms with Crippen molar-refractivity contribution in [2.45, 2.75) is 13.0 Å². The molecule has 2 nitrogen and oxygen atoms in total. The third kappa shape index (κ3) is 2.48. The summed E-state index contributed by atoms with van der Waals surface area (Å²) in [4.78, 5) is 0. The summed E-state index contributed by atoms with van der Waals surface area (Å²) in [5.41, 5.74) is 7.51. The van der Waals surface area contributed by atoms with E-state index >= 15 is 0 Å². The molecule has 2 rings (SSSR count). The van der Waals surface area contributed by atoms with Crippen molar-refractivity contribution >= 4 is 10.8 Å². The first-order valence-corrected chi connectivity index (χ1v) is 5.96. The van der Waals surface area contributed by atoms with Gasteiger partial charge in [-0.05, 0) is 22.3 Å². The lowest BCUT2D eigenvalue weighted by molar-refractivity contribution is 0.148. The number of nitrogens with two attached hydrogens (primary N) is 1. The molecule has 0 aliphatic rings. The average Bonchev–Trinajstić information content (AvgIpc) is 2.37. The number of ether oxygens (including phenoxy) is 1. The van der Waals surface area contributed by atoms with E-state index in [0.29, 0.717) is 12.5 Å². The van der Waals surface area contributed by atoms with Gasteiger partial charge >= 0.3 is 0 Å². The highest BCUT2D eigenvalue weighted by molar-refractivity contribution is 5.86. The monoisotopic (exact) mass is 229 g/mol. The number of methoxy groups -OCH3 is 1. The second-order valence-corrected chi connectivity index (χ2v) is 4.53. The normalized spacial score (nSPS) is 14.8. The van der Waals surface area contributed by atoms with Crippen LogP contribution in [0.3, 0.4) is 0 Å². The smallest absolute Gasteiger partial charge is 0.0505 e. The Morgan fingerprint density at radius 1 is 1.12 bits per heavy atom. The van der Waals surface area contributed by atoms with Crippen molar-refractivity contribution < 1.29 is 4.74 Å². The molecule has 0 fully saturated rings. The molecular weight excluding hydrogens is 210 g/mol. The second kappa shape index (κ2) is 5.30. The van der Waals surface area contributed by atoms with Gasteiger partial charge in [-0.1, -0.05) is 49.4 Å². The van der Waals surface area contributed by atoms with Gasteiger partial charge in [-0.15, -0.1) is 0 Å². The number of benzene rings is 2. The molecule has 90 valence electrons. The van der Waals surface area contributed by atoms with E-state index in [9.17, 15) is 0 Å². The molecule has 2 unspecified atom stereocenters. The van der Waals surface area contributed by atoms with Crippen LogP contribution in [0.1, 0.15) is 18.5 Å². The second-order valence-electron chi connectivity index (χ2n) is 4.53. The van der Waals surface area contributed by atoms with Crippen LogP contribution in [0.25, 0.3) is 10.8 Å². The van der Waals surface area contributed by atoms with Crippen LogP contribution >= 0.6 is 0 Å². The van der Waals surface area contributed by atoms with Crippen LogP contribution < -0.4 is 5.73 Å². The Balaban J connectivity index is 2.41. The summed E-state index contributed by atoms with van der Waals surface area (Å²) in [6.07, 6.45) is 0. The predicted octanol–water partition coefficient (Wildman–Crippen LogP) is 3.12. The third-order valence-electron chi connectivity index (χ3n) is 3.23. The highest BCUT2D eigenvalue weighted by Gasteiger charge is 2.16. The van der Waals surface area contributed by atoms with Crippen molar-refractivity contribution in [1.29, 1.82) is 0 Å². The quantitative estimate of drug-likeness (QED) is 0.874. The first-order valence-electron chi connectivity index (χ1n) is 5.96. The lowest BCUT2D eigenvalue weighted by atomic mass is 9.92. The van der Waals surface area contributed by atoms with Crippen molar-refractivity contribution in [3.05, 3.63) is 48.0 Å². The van der Waals surface area contributed by atoms with Gasteiger partial charge in [-0.3, -0.25) is 0 Å². The zero-order chi connectivity index (χ0) is 12.3. The van der Waals surface area contributed by atoms with Crippen LogP contribution in [0.2, 0.25) is 0 Å². The molecule has 2 atom stereocenters. The minimum absolute atomic E-state index is 0.0149. The van der Waals surface area contributed by atoms with Crippen LogP contribution in [0.5, 0.6) is 0 Å². The van der Waals surface area contributed by atoms with Gasteiger partial charge in [0.05, 0.1) is 6.61 Å². The molecule has 2 aromatic rings. The van der Waals surface area contributed by atoms with Crippen LogP contribution in [-0.4, -0.2) is 13.7 Å². The summed E-state index contributed by atoms with van der Waals surface area (Å²) >= 11 is 0. The van der Waals surface area contributed by atoms with E-state index in [4.69, 9.17) is 10.5 Å². The molecule has 0 aliphatic heterocycles. The summed E-state index contributed by atoms with van der Waals surface area (Å²) in [6.45, 7) is 2.81. The standard InChI is InChI=1S/C15H19NO/c1-11(10-17-2)15(16)14-9-5-7-12-6-3-4-8-13(12)14/h3-9,11,15H,10,16H2,1-2H3.